The molecule has 0 unspecified atom stereocenters. The van der Waals surface area contributed by atoms with Gasteiger partial charge in [0.2, 0.25) is 11.9 Å². The van der Waals surface area contributed by atoms with Crippen LogP contribution in [0.1, 0.15) is 35.3 Å². The third-order valence-corrected chi connectivity index (χ3v) is 6.12. The lowest BCUT2D eigenvalue weighted by atomic mass is 9.63. The van der Waals surface area contributed by atoms with Crippen LogP contribution in [0.2, 0.25) is 0 Å². The molecule has 2 aromatic heterocycles. The molecule has 5 rings (SSSR count). The van der Waals surface area contributed by atoms with Crippen molar-refractivity contribution >= 4 is 39.4 Å². The zero-order chi connectivity index (χ0) is 20.9. The highest BCUT2D eigenvalue weighted by Gasteiger charge is 2.45. The van der Waals surface area contributed by atoms with Gasteiger partial charge in [-0.05, 0) is 41.3 Å². The molecular formula is C23H21N5O2. The van der Waals surface area contributed by atoms with Crippen molar-refractivity contribution in [3.8, 4) is 0 Å². The molecule has 0 atom stereocenters. The maximum atomic E-state index is 13.4. The first-order valence-electron chi connectivity index (χ1n) is 9.93. The Morgan fingerprint density at radius 2 is 1.77 bits per heavy atom. The second-order valence-electron chi connectivity index (χ2n) is 7.78. The molecule has 0 radical (unpaired) electrons. The van der Waals surface area contributed by atoms with Crippen LogP contribution in [0.4, 0.5) is 5.95 Å². The summed E-state index contributed by atoms with van der Waals surface area (Å²) in [6.45, 7) is 0. The Bertz CT molecular complexity index is 1290. The van der Waals surface area contributed by atoms with Gasteiger partial charge in [-0.2, -0.15) is 0 Å². The molecule has 1 saturated carbocycles. The zero-order valence-electron chi connectivity index (χ0n) is 16.6. The summed E-state index contributed by atoms with van der Waals surface area (Å²) in [5, 5.41) is 5.30. The molecule has 7 nitrogen and oxygen atoms in total. The van der Waals surface area contributed by atoms with Crippen LogP contribution in [-0.2, 0) is 10.2 Å². The number of hydrogen-bond donors (Lipinski definition) is 2. The van der Waals surface area contributed by atoms with Crippen LogP contribution < -0.4 is 11.1 Å². The Labute approximate surface area is 172 Å². The van der Waals surface area contributed by atoms with Crippen molar-refractivity contribution in [2.45, 2.75) is 24.7 Å². The number of benzene rings is 2. The van der Waals surface area contributed by atoms with E-state index >= 15 is 0 Å². The van der Waals surface area contributed by atoms with E-state index < -0.39 is 5.41 Å². The molecule has 1 fully saturated rings. The monoisotopic (exact) mass is 399 g/mol. The summed E-state index contributed by atoms with van der Waals surface area (Å²) in [6, 6.07) is 13.4. The quantitative estimate of drug-likeness (QED) is 0.551. The largest absolute Gasteiger partial charge is 0.368 e. The van der Waals surface area contributed by atoms with E-state index in [1.165, 1.54) is 4.57 Å². The first-order valence-corrected chi connectivity index (χ1v) is 9.93. The van der Waals surface area contributed by atoms with Gasteiger partial charge in [0.15, 0.2) is 0 Å². The number of nitrogens with one attached hydrogen (secondary N) is 1. The fourth-order valence-electron chi connectivity index (χ4n) is 4.35. The molecule has 0 bridgehead atoms. The summed E-state index contributed by atoms with van der Waals surface area (Å²) in [7, 11) is 1.65. The first kappa shape index (κ1) is 18.3. The van der Waals surface area contributed by atoms with Crippen LogP contribution in [0.15, 0.2) is 54.9 Å². The van der Waals surface area contributed by atoms with Crippen molar-refractivity contribution in [2.24, 2.45) is 0 Å². The second-order valence-corrected chi connectivity index (χ2v) is 7.78. The van der Waals surface area contributed by atoms with Crippen molar-refractivity contribution < 1.29 is 9.59 Å². The zero-order valence-corrected chi connectivity index (χ0v) is 16.6. The van der Waals surface area contributed by atoms with Crippen molar-refractivity contribution in [3.05, 3.63) is 66.1 Å². The van der Waals surface area contributed by atoms with Crippen LogP contribution in [0.5, 0.6) is 0 Å². The fourth-order valence-corrected chi connectivity index (χ4v) is 4.35. The third-order valence-electron chi connectivity index (χ3n) is 6.12. The van der Waals surface area contributed by atoms with Gasteiger partial charge in [0.1, 0.15) is 5.69 Å². The number of nitrogens with two attached hydrogens (primary N) is 1. The molecule has 1 aliphatic rings. The van der Waals surface area contributed by atoms with Gasteiger partial charge in [-0.25, -0.2) is 9.97 Å². The molecule has 3 N–H and O–H groups in total. The number of carbonyl (C=O) groups excluding carboxylic acids is 2. The molecule has 4 aromatic rings. The van der Waals surface area contributed by atoms with Crippen molar-refractivity contribution in [3.63, 3.8) is 0 Å². The Hall–Kier alpha value is -3.74. The Kier molecular flexibility index (Phi) is 4.06. The van der Waals surface area contributed by atoms with E-state index in [0.717, 1.165) is 35.6 Å². The van der Waals surface area contributed by atoms with Gasteiger partial charge in [-0.1, -0.05) is 36.8 Å². The number of nitrogen functional groups attached to an aromatic ring is 1. The Morgan fingerprint density at radius 3 is 2.37 bits per heavy atom. The average Bonchev–Trinajstić information content (AvgIpc) is 3.16. The highest BCUT2D eigenvalue weighted by atomic mass is 16.2. The van der Waals surface area contributed by atoms with E-state index in [0.29, 0.717) is 10.9 Å². The van der Waals surface area contributed by atoms with Gasteiger partial charge in [0.25, 0.3) is 5.91 Å². The molecule has 0 spiro atoms. The summed E-state index contributed by atoms with van der Waals surface area (Å²) in [5.41, 5.74) is 7.02. The van der Waals surface area contributed by atoms with E-state index in [4.69, 9.17) is 5.73 Å². The van der Waals surface area contributed by atoms with Crippen LogP contribution in [0.3, 0.4) is 0 Å². The van der Waals surface area contributed by atoms with Crippen molar-refractivity contribution in [1.82, 2.24) is 19.9 Å². The Balaban J connectivity index is 1.67. The van der Waals surface area contributed by atoms with Gasteiger partial charge in [0.05, 0.1) is 10.9 Å². The molecule has 1 aliphatic carbocycles. The number of hydrogen-bond acceptors (Lipinski definition) is 5. The number of rotatable bonds is 3. The SMILES string of the molecule is CNC(=O)C1(c2ccc3nc(N)nc(C(=O)n4cc5ccccc5c4)c3c2)CCC1. The van der Waals surface area contributed by atoms with Gasteiger partial charge in [-0.15, -0.1) is 0 Å². The molecular weight excluding hydrogens is 378 g/mol. The maximum Gasteiger partial charge on any atom is 0.281 e. The predicted octanol–water partition coefficient (Wildman–Crippen LogP) is 3.02. The highest BCUT2D eigenvalue weighted by Crippen LogP contribution is 2.44. The fraction of sp³-hybridized carbons (Fsp3) is 0.217. The van der Waals surface area contributed by atoms with E-state index in [-0.39, 0.29) is 23.5 Å². The first-order chi connectivity index (χ1) is 14.5. The summed E-state index contributed by atoms with van der Waals surface area (Å²) >= 11 is 0. The Morgan fingerprint density at radius 1 is 1.07 bits per heavy atom. The number of anilines is 1. The normalized spacial score (nSPS) is 15.1. The molecule has 7 heteroatoms. The summed E-state index contributed by atoms with van der Waals surface area (Å²) < 4.78 is 1.52. The topological polar surface area (TPSA) is 103 Å². The van der Waals surface area contributed by atoms with Crippen molar-refractivity contribution in [2.75, 3.05) is 12.8 Å². The van der Waals surface area contributed by atoms with Crippen LogP contribution in [-0.4, -0.2) is 33.4 Å². The minimum Gasteiger partial charge on any atom is -0.368 e. The number of amides is 1. The number of likely N-dealkylation sites (N-methyl/N-ethyl adjacent to an activating group) is 1. The lowest BCUT2D eigenvalue weighted by molar-refractivity contribution is -0.129. The predicted molar refractivity (Wildman–Crippen MR) is 115 cm³/mol. The van der Waals surface area contributed by atoms with Gasteiger partial charge in [-0.3, -0.25) is 14.2 Å². The minimum atomic E-state index is -0.563. The van der Waals surface area contributed by atoms with E-state index in [1.807, 2.05) is 42.5 Å². The molecule has 2 heterocycles. The summed E-state index contributed by atoms with van der Waals surface area (Å²) in [5.74, 6) is -0.251. The standard InChI is InChI=1S/C23H21N5O2/c1-25-21(30)23(9-4-10-23)16-7-8-18-17(11-16)19(27-22(24)26-18)20(29)28-12-14-5-2-3-6-15(14)13-28/h2-3,5-8,11-13H,4,9-10H2,1H3,(H,25,30)(H2,24,26,27). The van der Waals surface area contributed by atoms with Crippen LogP contribution >= 0.6 is 0 Å². The molecule has 1 amide bonds. The molecule has 2 aromatic carbocycles. The van der Waals surface area contributed by atoms with Crippen LogP contribution in [0, 0.1) is 0 Å². The van der Waals surface area contributed by atoms with E-state index in [1.54, 1.807) is 19.4 Å². The molecule has 0 aliphatic heterocycles. The van der Waals surface area contributed by atoms with Gasteiger partial charge in [0, 0.05) is 24.8 Å². The second kappa shape index (κ2) is 6.66. The number of fused-ring (bicyclic) bond motifs is 2. The maximum absolute atomic E-state index is 13.4. The number of carbonyl (C=O) groups is 2. The van der Waals surface area contributed by atoms with Crippen LogP contribution in [0.25, 0.3) is 21.7 Å². The number of nitrogens with zero attached hydrogens (tertiary/aromatic N) is 3. The molecule has 0 saturated heterocycles. The lowest BCUT2D eigenvalue weighted by Gasteiger charge is -2.40. The minimum absolute atomic E-state index is 0.00556. The molecule has 30 heavy (non-hydrogen) atoms. The summed E-state index contributed by atoms with van der Waals surface area (Å²) in [4.78, 5) is 34.5. The summed E-state index contributed by atoms with van der Waals surface area (Å²) in [6.07, 6.45) is 6.11. The third kappa shape index (κ3) is 2.66. The van der Waals surface area contributed by atoms with E-state index in [9.17, 15) is 9.59 Å². The van der Waals surface area contributed by atoms with E-state index in [2.05, 4.69) is 15.3 Å². The average molecular weight is 399 g/mol. The smallest absolute Gasteiger partial charge is 0.281 e. The van der Waals surface area contributed by atoms with Crippen molar-refractivity contribution in [1.29, 1.82) is 0 Å². The highest BCUT2D eigenvalue weighted by molar-refractivity contribution is 6.07. The van der Waals surface area contributed by atoms with Gasteiger partial charge >= 0.3 is 0 Å². The molecule has 150 valence electrons. The number of aromatic nitrogens is 3. The lowest BCUT2D eigenvalue weighted by Crippen LogP contribution is -2.48. The van der Waals surface area contributed by atoms with Gasteiger partial charge < -0.3 is 11.1 Å².